The largest absolute Gasteiger partial charge is 0.543 e. The van der Waals surface area contributed by atoms with E-state index in [9.17, 15) is 4.39 Å². The standard InChI is InChI=1S/C13H20BrFOSi/c1-13(2,3)17(4,5)16-12-8-11(15)7-6-10(12)9-14/h6-8H,9H2,1-5H3. The fourth-order valence-electron chi connectivity index (χ4n) is 1.16. The van der Waals surface area contributed by atoms with Crippen molar-refractivity contribution >= 4 is 24.2 Å². The van der Waals surface area contributed by atoms with Crippen molar-refractivity contribution in [1.82, 2.24) is 0 Å². The van der Waals surface area contributed by atoms with Gasteiger partial charge < -0.3 is 4.43 Å². The maximum absolute atomic E-state index is 13.3. The molecular formula is C13H20BrFOSi. The molecule has 0 radical (unpaired) electrons. The van der Waals surface area contributed by atoms with Gasteiger partial charge in [-0.2, -0.15) is 0 Å². The van der Waals surface area contributed by atoms with Gasteiger partial charge in [0.15, 0.2) is 0 Å². The van der Waals surface area contributed by atoms with Gasteiger partial charge in [0.2, 0.25) is 8.32 Å². The molecule has 96 valence electrons. The number of halogens is 2. The van der Waals surface area contributed by atoms with Gasteiger partial charge in [0.05, 0.1) is 0 Å². The maximum Gasteiger partial charge on any atom is 0.250 e. The van der Waals surface area contributed by atoms with Crippen molar-refractivity contribution in [1.29, 1.82) is 0 Å². The Kier molecular flexibility index (Phi) is 4.41. The molecule has 0 unspecified atom stereocenters. The lowest BCUT2D eigenvalue weighted by atomic mass is 10.2. The van der Waals surface area contributed by atoms with E-state index >= 15 is 0 Å². The predicted molar refractivity (Wildman–Crippen MR) is 76.9 cm³/mol. The highest BCUT2D eigenvalue weighted by Gasteiger charge is 2.39. The number of hydrogen-bond donors (Lipinski definition) is 0. The van der Waals surface area contributed by atoms with Crippen LogP contribution < -0.4 is 4.43 Å². The number of benzene rings is 1. The molecule has 0 saturated heterocycles. The molecule has 4 heteroatoms. The summed E-state index contributed by atoms with van der Waals surface area (Å²) in [5.41, 5.74) is 0.997. The molecule has 0 N–H and O–H groups in total. The van der Waals surface area contributed by atoms with Gasteiger partial charge in [-0.3, -0.25) is 0 Å². The van der Waals surface area contributed by atoms with E-state index in [0.717, 1.165) is 5.56 Å². The van der Waals surface area contributed by atoms with E-state index in [4.69, 9.17) is 4.43 Å². The number of alkyl halides is 1. The zero-order chi connectivity index (χ0) is 13.3. The zero-order valence-electron chi connectivity index (χ0n) is 11.1. The van der Waals surface area contributed by atoms with Gasteiger partial charge >= 0.3 is 0 Å². The molecule has 0 bridgehead atoms. The third kappa shape index (κ3) is 3.55. The van der Waals surface area contributed by atoms with Crippen LogP contribution in [0.25, 0.3) is 0 Å². The SMILES string of the molecule is CC(C)(C)[Si](C)(C)Oc1cc(F)ccc1CBr. The third-order valence-corrected chi connectivity index (χ3v) is 8.29. The minimum Gasteiger partial charge on any atom is -0.543 e. The highest BCUT2D eigenvalue weighted by Crippen LogP contribution is 2.38. The van der Waals surface area contributed by atoms with Crippen LogP contribution in [0, 0.1) is 5.82 Å². The van der Waals surface area contributed by atoms with Crippen LogP contribution in [0.1, 0.15) is 26.3 Å². The monoisotopic (exact) mass is 318 g/mol. The van der Waals surface area contributed by atoms with Gasteiger partial charge in [0.1, 0.15) is 11.6 Å². The Labute approximate surface area is 113 Å². The van der Waals surface area contributed by atoms with Gasteiger partial charge in [0, 0.05) is 17.0 Å². The molecule has 17 heavy (non-hydrogen) atoms. The fourth-order valence-corrected chi connectivity index (χ4v) is 2.67. The first kappa shape index (κ1) is 14.7. The quantitative estimate of drug-likeness (QED) is 0.556. The lowest BCUT2D eigenvalue weighted by Crippen LogP contribution is -2.44. The van der Waals surface area contributed by atoms with Crippen LogP contribution >= 0.6 is 15.9 Å². The first-order valence-corrected chi connectivity index (χ1v) is 9.74. The van der Waals surface area contributed by atoms with Gasteiger partial charge in [-0.1, -0.05) is 42.8 Å². The molecule has 1 aromatic rings. The molecule has 1 aromatic carbocycles. The Balaban J connectivity index is 3.06. The highest BCUT2D eigenvalue weighted by atomic mass is 79.9. The molecule has 0 spiro atoms. The van der Waals surface area contributed by atoms with Crippen LogP contribution in [0.3, 0.4) is 0 Å². The fraction of sp³-hybridized carbons (Fsp3) is 0.538. The number of rotatable bonds is 3. The second-order valence-electron chi connectivity index (χ2n) is 5.75. The second-order valence-corrected chi connectivity index (χ2v) is 11.0. The average molecular weight is 319 g/mol. The van der Waals surface area contributed by atoms with E-state index < -0.39 is 8.32 Å². The van der Waals surface area contributed by atoms with E-state index in [1.54, 1.807) is 6.07 Å². The Hall–Kier alpha value is -0.353. The van der Waals surface area contributed by atoms with E-state index in [2.05, 4.69) is 49.8 Å². The lowest BCUT2D eigenvalue weighted by Gasteiger charge is -2.37. The van der Waals surface area contributed by atoms with Gasteiger partial charge in [0.25, 0.3) is 0 Å². The van der Waals surface area contributed by atoms with Crippen LogP contribution in [0.15, 0.2) is 18.2 Å². The van der Waals surface area contributed by atoms with Crippen molar-refractivity contribution in [2.45, 2.75) is 44.2 Å². The van der Waals surface area contributed by atoms with Crippen molar-refractivity contribution in [3.63, 3.8) is 0 Å². The van der Waals surface area contributed by atoms with Crippen LogP contribution in [-0.4, -0.2) is 8.32 Å². The van der Waals surface area contributed by atoms with Crippen molar-refractivity contribution in [2.75, 3.05) is 0 Å². The molecule has 0 aliphatic heterocycles. The molecule has 0 atom stereocenters. The summed E-state index contributed by atoms with van der Waals surface area (Å²) >= 11 is 3.40. The van der Waals surface area contributed by atoms with E-state index in [1.807, 2.05) is 0 Å². The maximum atomic E-state index is 13.3. The molecule has 0 amide bonds. The van der Waals surface area contributed by atoms with E-state index in [-0.39, 0.29) is 10.9 Å². The molecule has 1 rings (SSSR count). The smallest absolute Gasteiger partial charge is 0.250 e. The van der Waals surface area contributed by atoms with Crippen molar-refractivity contribution in [3.05, 3.63) is 29.6 Å². The minimum absolute atomic E-state index is 0.114. The summed E-state index contributed by atoms with van der Waals surface area (Å²) in [7, 11) is -1.90. The van der Waals surface area contributed by atoms with Crippen LogP contribution in [0.2, 0.25) is 18.1 Å². The molecule has 0 heterocycles. The molecular weight excluding hydrogens is 299 g/mol. The molecule has 0 saturated carbocycles. The number of hydrogen-bond acceptors (Lipinski definition) is 1. The summed E-state index contributed by atoms with van der Waals surface area (Å²) < 4.78 is 19.4. The Morgan fingerprint density at radius 1 is 1.29 bits per heavy atom. The highest BCUT2D eigenvalue weighted by molar-refractivity contribution is 9.08. The summed E-state index contributed by atoms with van der Waals surface area (Å²) in [6.45, 7) is 10.8. The summed E-state index contributed by atoms with van der Waals surface area (Å²) in [6, 6.07) is 4.72. The first-order chi connectivity index (χ1) is 7.67. The Morgan fingerprint density at radius 2 is 1.88 bits per heavy atom. The van der Waals surface area contributed by atoms with E-state index in [1.165, 1.54) is 12.1 Å². The minimum atomic E-state index is -1.90. The Bertz CT molecular complexity index is 399. The molecule has 0 aliphatic rings. The summed E-state index contributed by atoms with van der Waals surface area (Å²) in [6.07, 6.45) is 0. The normalized spacial score (nSPS) is 12.6. The summed E-state index contributed by atoms with van der Waals surface area (Å²) in [5.74, 6) is 0.428. The molecule has 0 fully saturated rings. The van der Waals surface area contributed by atoms with Crippen LogP contribution in [0.4, 0.5) is 4.39 Å². The van der Waals surface area contributed by atoms with Gasteiger partial charge in [-0.05, 0) is 24.2 Å². The lowest BCUT2D eigenvalue weighted by molar-refractivity contribution is 0.484. The van der Waals surface area contributed by atoms with Gasteiger partial charge in [-0.25, -0.2) is 4.39 Å². The average Bonchev–Trinajstić information content (AvgIpc) is 2.15. The molecule has 1 nitrogen and oxygen atoms in total. The summed E-state index contributed by atoms with van der Waals surface area (Å²) in [5, 5.41) is 0.792. The third-order valence-electron chi connectivity index (χ3n) is 3.34. The predicted octanol–water partition coefficient (Wildman–Crippen LogP) is 5.10. The van der Waals surface area contributed by atoms with E-state index in [0.29, 0.717) is 11.1 Å². The second kappa shape index (κ2) is 5.10. The van der Waals surface area contributed by atoms with Crippen molar-refractivity contribution in [3.8, 4) is 5.75 Å². The van der Waals surface area contributed by atoms with Crippen LogP contribution in [0.5, 0.6) is 5.75 Å². The van der Waals surface area contributed by atoms with Crippen molar-refractivity contribution < 1.29 is 8.82 Å². The van der Waals surface area contributed by atoms with Crippen LogP contribution in [-0.2, 0) is 5.33 Å². The molecule has 0 aliphatic carbocycles. The summed E-state index contributed by atoms with van der Waals surface area (Å²) in [4.78, 5) is 0. The van der Waals surface area contributed by atoms with Crippen molar-refractivity contribution in [2.24, 2.45) is 0 Å². The molecule has 0 aromatic heterocycles. The Morgan fingerprint density at radius 3 is 2.35 bits per heavy atom. The topological polar surface area (TPSA) is 9.23 Å². The first-order valence-electron chi connectivity index (χ1n) is 5.71. The zero-order valence-corrected chi connectivity index (χ0v) is 13.7. The van der Waals surface area contributed by atoms with Gasteiger partial charge in [-0.15, -0.1) is 0 Å².